The lowest BCUT2D eigenvalue weighted by Crippen LogP contribution is -2.35. The number of nitrogens with two attached hydrogens (primary N) is 1. The Hall–Kier alpha value is -2.14. The van der Waals surface area contributed by atoms with Crippen LogP contribution in [0.5, 0.6) is 0 Å². The van der Waals surface area contributed by atoms with Crippen LogP contribution in [0.3, 0.4) is 0 Å². The molecule has 1 amide bonds. The molecule has 0 bridgehead atoms. The Morgan fingerprint density at radius 3 is 2.74 bits per heavy atom. The molecule has 1 unspecified atom stereocenters. The zero-order chi connectivity index (χ0) is 14.0. The standard InChI is InChI=1S/C14H17N3O2/c1-9(13(18)16-2)17-12-6-4-3-5-10(12)7-11(8-15)14(17)19/h3-7,9H,8,15H2,1-2H3,(H,16,18). The van der Waals surface area contributed by atoms with Gasteiger partial charge in [0, 0.05) is 19.2 Å². The number of carbonyl (C=O) groups excluding carboxylic acids is 1. The first-order valence-electron chi connectivity index (χ1n) is 6.15. The molecule has 3 N–H and O–H groups in total. The first-order chi connectivity index (χ1) is 9.10. The summed E-state index contributed by atoms with van der Waals surface area (Å²) in [5.41, 5.74) is 6.64. The number of rotatable bonds is 3. The summed E-state index contributed by atoms with van der Waals surface area (Å²) in [6.45, 7) is 1.86. The van der Waals surface area contributed by atoms with Gasteiger partial charge in [0.1, 0.15) is 6.04 Å². The summed E-state index contributed by atoms with van der Waals surface area (Å²) in [6, 6.07) is 8.68. The first-order valence-corrected chi connectivity index (χ1v) is 6.15. The van der Waals surface area contributed by atoms with Crippen molar-refractivity contribution in [2.24, 2.45) is 5.73 Å². The van der Waals surface area contributed by atoms with Crippen LogP contribution in [0.1, 0.15) is 18.5 Å². The van der Waals surface area contributed by atoms with E-state index in [4.69, 9.17) is 5.73 Å². The Morgan fingerprint density at radius 1 is 1.42 bits per heavy atom. The number of nitrogens with zero attached hydrogens (tertiary/aromatic N) is 1. The summed E-state index contributed by atoms with van der Waals surface area (Å²) in [4.78, 5) is 24.2. The number of fused-ring (bicyclic) bond motifs is 1. The molecule has 1 aromatic carbocycles. The number of nitrogens with one attached hydrogen (secondary N) is 1. The quantitative estimate of drug-likeness (QED) is 0.854. The van der Waals surface area contributed by atoms with Crippen molar-refractivity contribution in [1.82, 2.24) is 9.88 Å². The van der Waals surface area contributed by atoms with Crippen molar-refractivity contribution in [3.05, 3.63) is 46.2 Å². The topological polar surface area (TPSA) is 77.1 Å². The van der Waals surface area contributed by atoms with E-state index >= 15 is 0 Å². The van der Waals surface area contributed by atoms with Crippen LogP contribution in [0.25, 0.3) is 10.9 Å². The maximum atomic E-state index is 12.4. The van der Waals surface area contributed by atoms with Gasteiger partial charge in [0.25, 0.3) is 5.56 Å². The molecule has 19 heavy (non-hydrogen) atoms. The third-order valence-corrected chi connectivity index (χ3v) is 3.25. The minimum atomic E-state index is -0.575. The van der Waals surface area contributed by atoms with Crippen LogP contribution < -0.4 is 16.6 Å². The molecule has 5 heteroatoms. The van der Waals surface area contributed by atoms with Gasteiger partial charge in [0.15, 0.2) is 0 Å². The van der Waals surface area contributed by atoms with Crippen LogP contribution in [-0.2, 0) is 11.3 Å². The molecular weight excluding hydrogens is 242 g/mol. The molecule has 1 aromatic heterocycles. The molecule has 0 aliphatic carbocycles. The van der Waals surface area contributed by atoms with E-state index in [1.807, 2.05) is 24.3 Å². The van der Waals surface area contributed by atoms with Gasteiger partial charge in [-0.1, -0.05) is 18.2 Å². The maximum Gasteiger partial charge on any atom is 0.256 e. The number of para-hydroxylation sites is 1. The Balaban J connectivity index is 2.79. The van der Waals surface area contributed by atoms with Crippen LogP contribution in [0.4, 0.5) is 0 Å². The Kier molecular flexibility index (Phi) is 3.66. The van der Waals surface area contributed by atoms with Gasteiger partial charge in [-0.3, -0.25) is 14.2 Å². The summed E-state index contributed by atoms with van der Waals surface area (Å²) in [6.07, 6.45) is 0. The summed E-state index contributed by atoms with van der Waals surface area (Å²) < 4.78 is 1.50. The predicted octanol–water partition coefficient (Wildman–Crippen LogP) is 0.767. The number of hydrogen-bond donors (Lipinski definition) is 2. The number of benzene rings is 1. The maximum absolute atomic E-state index is 12.4. The molecule has 0 saturated carbocycles. The van der Waals surface area contributed by atoms with Crippen LogP contribution >= 0.6 is 0 Å². The summed E-state index contributed by atoms with van der Waals surface area (Å²) in [5.74, 6) is -0.207. The van der Waals surface area contributed by atoms with E-state index in [9.17, 15) is 9.59 Å². The normalized spacial score (nSPS) is 12.4. The number of likely N-dealkylation sites (N-methyl/N-ethyl adjacent to an activating group) is 1. The van der Waals surface area contributed by atoms with Crippen LogP contribution in [0.15, 0.2) is 35.1 Å². The van der Waals surface area contributed by atoms with E-state index in [-0.39, 0.29) is 18.0 Å². The fourth-order valence-corrected chi connectivity index (χ4v) is 2.20. The summed E-state index contributed by atoms with van der Waals surface area (Å²) in [7, 11) is 1.55. The second kappa shape index (κ2) is 5.24. The average molecular weight is 259 g/mol. The number of carbonyl (C=O) groups is 1. The highest BCUT2D eigenvalue weighted by molar-refractivity contribution is 5.84. The Labute approximate surface area is 111 Å². The molecule has 0 radical (unpaired) electrons. The van der Waals surface area contributed by atoms with E-state index in [1.54, 1.807) is 20.0 Å². The molecule has 100 valence electrons. The highest BCUT2D eigenvalue weighted by Crippen LogP contribution is 2.17. The summed E-state index contributed by atoms with van der Waals surface area (Å²) >= 11 is 0. The molecule has 2 rings (SSSR count). The van der Waals surface area contributed by atoms with Gasteiger partial charge >= 0.3 is 0 Å². The van der Waals surface area contributed by atoms with Crippen LogP contribution in [0.2, 0.25) is 0 Å². The van der Waals surface area contributed by atoms with Gasteiger partial charge in [-0.05, 0) is 24.4 Å². The summed E-state index contributed by atoms with van der Waals surface area (Å²) in [5, 5.41) is 3.46. The van der Waals surface area contributed by atoms with Crippen molar-refractivity contribution < 1.29 is 4.79 Å². The third kappa shape index (κ3) is 2.24. The van der Waals surface area contributed by atoms with E-state index in [0.717, 1.165) is 10.9 Å². The molecular formula is C14H17N3O2. The fourth-order valence-electron chi connectivity index (χ4n) is 2.20. The van der Waals surface area contributed by atoms with Gasteiger partial charge in [0.05, 0.1) is 5.52 Å². The molecule has 0 saturated heterocycles. The molecule has 1 atom stereocenters. The predicted molar refractivity (Wildman–Crippen MR) is 74.9 cm³/mol. The van der Waals surface area contributed by atoms with Crippen LogP contribution in [0, 0.1) is 0 Å². The van der Waals surface area contributed by atoms with Gasteiger partial charge in [0.2, 0.25) is 5.91 Å². The SMILES string of the molecule is CNC(=O)C(C)n1c(=O)c(CN)cc2ccccc21. The van der Waals surface area contributed by atoms with E-state index in [1.165, 1.54) is 4.57 Å². The number of hydrogen-bond acceptors (Lipinski definition) is 3. The van der Waals surface area contributed by atoms with E-state index < -0.39 is 6.04 Å². The lowest BCUT2D eigenvalue weighted by molar-refractivity contribution is -0.123. The molecule has 0 aliphatic heterocycles. The van der Waals surface area contributed by atoms with Crippen molar-refractivity contribution in [1.29, 1.82) is 0 Å². The number of pyridine rings is 1. The average Bonchev–Trinajstić information content (AvgIpc) is 2.45. The van der Waals surface area contributed by atoms with Gasteiger partial charge < -0.3 is 11.1 Å². The molecule has 1 heterocycles. The molecule has 0 fully saturated rings. The van der Waals surface area contributed by atoms with E-state index in [2.05, 4.69) is 5.32 Å². The minimum Gasteiger partial charge on any atom is -0.357 e. The zero-order valence-corrected chi connectivity index (χ0v) is 11.0. The second-order valence-electron chi connectivity index (χ2n) is 4.40. The largest absolute Gasteiger partial charge is 0.357 e. The monoisotopic (exact) mass is 259 g/mol. The molecule has 0 aliphatic rings. The second-order valence-corrected chi connectivity index (χ2v) is 4.40. The fraction of sp³-hybridized carbons (Fsp3) is 0.286. The lowest BCUT2D eigenvalue weighted by Gasteiger charge is -2.18. The Bertz CT molecular complexity index is 676. The number of aromatic nitrogens is 1. The van der Waals surface area contributed by atoms with Crippen molar-refractivity contribution in [3.63, 3.8) is 0 Å². The van der Waals surface area contributed by atoms with Gasteiger partial charge in [-0.2, -0.15) is 0 Å². The van der Waals surface area contributed by atoms with Crippen LogP contribution in [-0.4, -0.2) is 17.5 Å². The Morgan fingerprint density at radius 2 is 2.11 bits per heavy atom. The highest BCUT2D eigenvalue weighted by Gasteiger charge is 2.18. The van der Waals surface area contributed by atoms with Crippen molar-refractivity contribution >= 4 is 16.8 Å². The van der Waals surface area contributed by atoms with E-state index in [0.29, 0.717) is 5.56 Å². The first kappa shape index (κ1) is 13.3. The zero-order valence-electron chi connectivity index (χ0n) is 11.0. The van der Waals surface area contributed by atoms with Crippen molar-refractivity contribution in [2.75, 3.05) is 7.05 Å². The third-order valence-electron chi connectivity index (χ3n) is 3.25. The molecule has 0 spiro atoms. The molecule has 2 aromatic rings. The smallest absolute Gasteiger partial charge is 0.256 e. The van der Waals surface area contributed by atoms with Gasteiger partial charge in [-0.15, -0.1) is 0 Å². The van der Waals surface area contributed by atoms with Gasteiger partial charge in [-0.25, -0.2) is 0 Å². The van der Waals surface area contributed by atoms with Crippen molar-refractivity contribution in [3.8, 4) is 0 Å². The molecule has 5 nitrogen and oxygen atoms in total. The lowest BCUT2D eigenvalue weighted by atomic mass is 10.1. The minimum absolute atomic E-state index is 0.157. The highest BCUT2D eigenvalue weighted by atomic mass is 16.2. The van der Waals surface area contributed by atoms with Crippen molar-refractivity contribution in [2.45, 2.75) is 19.5 Å². The number of amides is 1.